The minimum atomic E-state index is -1.01. The van der Waals surface area contributed by atoms with E-state index in [-0.39, 0.29) is 17.7 Å². The highest BCUT2D eigenvalue weighted by atomic mass is 16.5. The molecule has 1 aliphatic heterocycles. The number of carboxylic acid groups (broad SMARTS) is 1. The minimum absolute atomic E-state index is 0.124. The highest BCUT2D eigenvalue weighted by Crippen LogP contribution is 2.21. The van der Waals surface area contributed by atoms with Gasteiger partial charge in [-0.1, -0.05) is 6.92 Å². The summed E-state index contributed by atoms with van der Waals surface area (Å²) < 4.78 is 5.22. The van der Waals surface area contributed by atoms with E-state index in [1.807, 2.05) is 6.92 Å². The van der Waals surface area contributed by atoms with Crippen molar-refractivity contribution >= 4 is 11.9 Å². The van der Waals surface area contributed by atoms with E-state index in [2.05, 4.69) is 5.32 Å². The lowest BCUT2D eigenvalue weighted by atomic mass is 9.89. The van der Waals surface area contributed by atoms with Crippen LogP contribution in [-0.4, -0.2) is 36.2 Å². The molecule has 1 fully saturated rings. The van der Waals surface area contributed by atoms with Crippen molar-refractivity contribution in [2.75, 3.05) is 13.2 Å². The van der Waals surface area contributed by atoms with E-state index in [0.29, 0.717) is 19.6 Å². The number of rotatable bonds is 3. The van der Waals surface area contributed by atoms with Gasteiger partial charge in [0, 0.05) is 19.1 Å². The first-order valence-corrected chi connectivity index (χ1v) is 5.13. The van der Waals surface area contributed by atoms with Crippen LogP contribution in [0.25, 0.3) is 0 Å². The number of carboxylic acids is 1. The zero-order valence-electron chi connectivity index (χ0n) is 9.03. The lowest BCUT2D eigenvalue weighted by Gasteiger charge is -2.28. The Hall–Kier alpha value is -1.10. The second-order valence-electron chi connectivity index (χ2n) is 4.02. The third-order valence-electron chi connectivity index (χ3n) is 2.71. The molecule has 1 aliphatic rings. The van der Waals surface area contributed by atoms with Crippen LogP contribution in [-0.2, 0) is 14.3 Å². The second-order valence-corrected chi connectivity index (χ2v) is 4.02. The van der Waals surface area contributed by atoms with Crippen molar-refractivity contribution in [1.82, 2.24) is 5.32 Å². The molecule has 3 unspecified atom stereocenters. The molecule has 0 aromatic rings. The van der Waals surface area contributed by atoms with E-state index in [1.54, 1.807) is 0 Å². The quantitative estimate of drug-likeness (QED) is 0.707. The van der Waals surface area contributed by atoms with Gasteiger partial charge in [0.2, 0.25) is 5.91 Å². The predicted molar refractivity (Wildman–Crippen MR) is 53.3 cm³/mol. The van der Waals surface area contributed by atoms with Crippen LogP contribution in [0.15, 0.2) is 0 Å². The molecule has 1 amide bonds. The summed E-state index contributed by atoms with van der Waals surface area (Å²) in [6.45, 7) is 4.54. The summed E-state index contributed by atoms with van der Waals surface area (Å²) in [5.41, 5.74) is 0. The molecular weight excluding hydrogens is 198 g/mol. The number of nitrogens with one attached hydrogen (secondary N) is 1. The zero-order valence-corrected chi connectivity index (χ0v) is 9.03. The number of ether oxygens (including phenoxy) is 1. The topological polar surface area (TPSA) is 75.6 Å². The van der Waals surface area contributed by atoms with Crippen molar-refractivity contribution in [1.29, 1.82) is 0 Å². The summed E-state index contributed by atoms with van der Waals surface area (Å²) in [7, 11) is 0. The van der Waals surface area contributed by atoms with Gasteiger partial charge in [-0.05, 0) is 19.3 Å². The third-order valence-corrected chi connectivity index (χ3v) is 2.71. The smallest absolute Gasteiger partial charge is 0.325 e. The van der Waals surface area contributed by atoms with E-state index in [4.69, 9.17) is 9.84 Å². The van der Waals surface area contributed by atoms with Crippen molar-refractivity contribution in [3.63, 3.8) is 0 Å². The van der Waals surface area contributed by atoms with Gasteiger partial charge in [-0.3, -0.25) is 9.59 Å². The SMILES string of the molecule is CC(NC(=O)C1CCOCC1C)C(=O)O. The van der Waals surface area contributed by atoms with Crippen LogP contribution >= 0.6 is 0 Å². The van der Waals surface area contributed by atoms with Crippen LogP contribution in [0.3, 0.4) is 0 Å². The molecule has 2 N–H and O–H groups in total. The van der Waals surface area contributed by atoms with E-state index < -0.39 is 12.0 Å². The molecule has 0 aromatic heterocycles. The van der Waals surface area contributed by atoms with Crippen LogP contribution < -0.4 is 5.32 Å². The molecule has 3 atom stereocenters. The predicted octanol–water partition coefficient (Wildman–Crippen LogP) is 0.248. The molecular formula is C10H17NO4. The molecule has 0 saturated carbocycles. The average molecular weight is 215 g/mol. The molecule has 0 bridgehead atoms. The van der Waals surface area contributed by atoms with Crippen molar-refractivity contribution < 1.29 is 19.4 Å². The lowest BCUT2D eigenvalue weighted by molar-refractivity contribution is -0.143. The number of hydrogen-bond acceptors (Lipinski definition) is 3. The standard InChI is InChI=1S/C10H17NO4/c1-6-5-15-4-3-8(6)9(12)11-7(2)10(13)14/h6-8H,3-5H2,1-2H3,(H,11,12)(H,13,14). The highest BCUT2D eigenvalue weighted by Gasteiger charge is 2.29. The van der Waals surface area contributed by atoms with Gasteiger partial charge in [-0.15, -0.1) is 0 Å². The van der Waals surface area contributed by atoms with Crippen LogP contribution in [0.2, 0.25) is 0 Å². The molecule has 0 spiro atoms. The summed E-state index contributed by atoms with van der Waals surface area (Å²) in [6.07, 6.45) is 0.666. The average Bonchev–Trinajstić information content (AvgIpc) is 2.18. The van der Waals surface area contributed by atoms with E-state index >= 15 is 0 Å². The Labute approximate surface area is 88.8 Å². The van der Waals surface area contributed by atoms with Crippen molar-refractivity contribution in [3.8, 4) is 0 Å². The van der Waals surface area contributed by atoms with Crippen molar-refractivity contribution in [2.24, 2.45) is 11.8 Å². The van der Waals surface area contributed by atoms with Gasteiger partial charge in [-0.25, -0.2) is 0 Å². The van der Waals surface area contributed by atoms with E-state index in [1.165, 1.54) is 6.92 Å². The Morgan fingerprint density at radius 1 is 1.53 bits per heavy atom. The molecule has 1 heterocycles. The first kappa shape index (κ1) is 12.0. The first-order valence-electron chi connectivity index (χ1n) is 5.13. The molecule has 0 aliphatic carbocycles. The zero-order chi connectivity index (χ0) is 11.4. The Bertz CT molecular complexity index is 254. The Morgan fingerprint density at radius 2 is 2.20 bits per heavy atom. The number of amides is 1. The number of carbonyl (C=O) groups excluding carboxylic acids is 1. The Morgan fingerprint density at radius 3 is 2.73 bits per heavy atom. The third kappa shape index (κ3) is 3.20. The summed E-state index contributed by atoms with van der Waals surface area (Å²) in [4.78, 5) is 22.3. The fourth-order valence-corrected chi connectivity index (χ4v) is 1.65. The summed E-state index contributed by atoms with van der Waals surface area (Å²) >= 11 is 0. The van der Waals surface area contributed by atoms with E-state index in [0.717, 1.165) is 0 Å². The number of aliphatic carboxylic acids is 1. The van der Waals surface area contributed by atoms with E-state index in [9.17, 15) is 9.59 Å². The minimum Gasteiger partial charge on any atom is -0.480 e. The monoisotopic (exact) mass is 215 g/mol. The summed E-state index contributed by atoms with van der Waals surface area (Å²) in [5, 5.41) is 11.1. The van der Waals surface area contributed by atoms with Gasteiger partial charge in [0.05, 0.1) is 0 Å². The van der Waals surface area contributed by atoms with Gasteiger partial charge in [0.1, 0.15) is 6.04 Å². The number of hydrogen-bond donors (Lipinski definition) is 2. The molecule has 5 nitrogen and oxygen atoms in total. The lowest BCUT2D eigenvalue weighted by Crippen LogP contribution is -2.45. The van der Waals surface area contributed by atoms with Crippen LogP contribution in [0.5, 0.6) is 0 Å². The summed E-state index contributed by atoms with van der Waals surface area (Å²) in [5.74, 6) is -1.16. The summed E-state index contributed by atoms with van der Waals surface area (Å²) in [6, 6.07) is -0.826. The molecule has 1 saturated heterocycles. The first-order chi connectivity index (χ1) is 7.02. The normalized spacial score (nSPS) is 28.1. The second kappa shape index (κ2) is 5.11. The maximum Gasteiger partial charge on any atom is 0.325 e. The Balaban J connectivity index is 2.48. The fraction of sp³-hybridized carbons (Fsp3) is 0.800. The van der Waals surface area contributed by atoms with Crippen LogP contribution in [0, 0.1) is 11.8 Å². The van der Waals surface area contributed by atoms with Crippen molar-refractivity contribution in [3.05, 3.63) is 0 Å². The molecule has 15 heavy (non-hydrogen) atoms. The molecule has 0 radical (unpaired) electrons. The maximum atomic E-state index is 11.7. The molecule has 1 rings (SSSR count). The van der Waals surface area contributed by atoms with Gasteiger partial charge >= 0.3 is 5.97 Å². The maximum absolute atomic E-state index is 11.7. The van der Waals surface area contributed by atoms with Gasteiger partial charge < -0.3 is 15.2 Å². The molecule has 0 aromatic carbocycles. The van der Waals surface area contributed by atoms with Crippen LogP contribution in [0.4, 0.5) is 0 Å². The Kier molecular flexibility index (Phi) is 4.08. The molecule has 86 valence electrons. The molecule has 5 heteroatoms. The number of carbonyl (C=O) groups is 2. The van der Waals surface area contributed by atoms with Crippen molar-refractivity contribution in [2.45, 2.75) is 26.3 Å². The highest BCUT2D eigenvalue weighted by molar-refractivity contribution is 5.84. The largest absolute Gasteiger partial charge is 0.480 e. The van der Waals surface area contributed by atoms with Crippen LogP contribution in [0.1, 0.15) is 20.3 Å². The van der Waals surface area contributed by atoms with Gasteiger partial charge in [-0.2, -0.15) is 0 Å². The fourth-order valence-electron chi connectivity index (χ4n) is 1.65. The van der Waals surface area contributed by atoms with Gasteiger partial charge in [0.25, 0.3) is 0 Å². The van der Waals surface area contributed by atoms with Gasteiger partial charge in [0.15, 0.2) is 0 Å².